The lowest BCUT2D eigenvalue weighted by Crippen LogP contribution is -2.54. The van der Waals surface area contributed by atoms with Crippen molar-refractivity contribution in [1.82, 2.24) is 9.88 Å². The smallest absolute Gasteiger partial charge is 0.142 e. The van der Waals surface area contributed by atoms with E-state index in [1.807, 2.05) is 24.0 Å². The van der Waals surface area contributed by atoms with Crippen molar-refractivity contribution in [2.45, 2.75) is 10.9 Å². The SMILES string of the molecule is CN1CCN2c3ncccc3SC[C@@H]2C1. The second-order valence-electron chi connectivity index (χ2n) is 4.25. The van der Waals surface area contributed by atoms with Gasteiger partial charge in [0.15, 0.2) is 0 Å². The summed E-state index contributed by atoms with van der Waals surface area (Å²) in [4.78, 5) is 10.8. The number of rotatable bonds is 0. The van der Waals surface area contributed by atoms with Crippen LogP contribution in [-0.2, 0) is 0 Å². The second-order valence-corrected chi connectivity index (χ2v) is 5.31. The van der Waals surface area contributed by atoms with E-state index in [2.05, 4.69) is 27.9 Å². The summed E-state index contributed by atoms with van der Waals surface area (Å²) in [5.74, 6) is 2.40. The Morgan fingerprint density at radius 1 is 1.47 bits per heavy atom. The molecule has 15 heavy (non-hydrogen) atoms. The molecule has 0 bridgehead atoms. The molecule has 1 aromatic heterocycles. The number of hydrogen-bond acceptors (Lipinski definition) is 4. The normalized spacial score (nSPS) is 25.9. The number of thioether (sulfide) groups is 1. The van der Waals surface area contributed by atoms with Crippen LogP contribution in [0.4, 0.5) is 5.82 Å². The Balaban J connectivity index is 1.93. The summed E-state index contributed by atoms with van der Waals surface area (Å²) in [6.45, 7) is 3.44. The Kier molecular flexibility index (Phi) is 2.33. The Labute approximate surface area is 94.5 Å². The number of pyridine rings is 1. The third-order valence-corrected chi connectivity index (χ3v) is 4.32. The summed E-state index contributed by atoms with van der Waals surface area (Å²) in [6.07, 6.45) is 1.90. The minimum absolute atomic E-state index is 0.649. The molecule has 2 aliphatic heterocycles. The molecular formula is C11H15N3S. The molecular weight excluding hydrogens is 206 g/mol. The minimum Gasteiger partial charge on any atom is -0.349 e. The van der Waals surface area contributed by atoms with Crippen LogP contribution in [-0.4, -0.2) is 48.4 Å². The molecule has 1 aromatic rings. The number of likely N-dealkylation sites (N-methyl/N-ethyl adjacent to an activating group) is 1. The van der Waals surface area contributed by atoms with Crippen LogP contribution in [0.5, 0.6) is 0 Å². The van der Waals surface area contributed by atoms with Crippen LogP contribution in [0.3, 0.4) is 0 Å². The maximum absolute atomic E-state index is 4.52. The van der Waals surface area contributed by atoms with Gasteiger partial charge in [0, 0.05) is 31.6 Å². The van der Waals surface area contributed by atoms with Gasteiger partial charge in [-0.1, -0.05) is 0 Å². The lowest BCUT2D eigenvalue weighted by molar-refractivity contribution is 0.275. The first-order valence-corrected chi connectivity index (χ1v) is 6.36. The monoisotopic (exact) mass is 221 g/mol. The molecule has 0 N–H and O–H groups in total. The van der Waals surface area contributed by atoms with Gasteiger partial charge < -0.3 is 9.80 Å². The molecule has 0 unspecified atom stereocenters. The van der Waals surface area contributed by atoms with Gasteiger partial charge >= 0.3 is 0 Å². The summed E-state index contributed by atoms with van der Waals surface area (Å²) in [7, 11) is 2.20. The van der Waals surface area contributed by atoms with Crippen molar-refractivity contribution in [3.63, 3.8) is 0 Å². The zero-order valence-corrected chi connectivity index (χ0v) is 9.70. The maximum Gasteiger partial charge on any atom is 0.142 e. The van der Waals surface area contributed by atoms with Crippen LogP contribution >= 0.6 is 11.8 Å². The Morgan fingerprint density at radius 2 is 2.40 bits per heavy atom. The van der Waals surface area contributed by atoms with Crippen LogP contribution in [0.25, 0.3) is 0 Å². The third kappa shape index (κ3) is 1.62. The molecule has 2 aliphatic rings. The highest BCUT2D eigenvalue weighted by Gasteiger charge is 2.31. The molecule has 1 atom stereocenters. The largest absolute Gasteiger partial charge is 0.349 e. The molecule has 0 saturated carbocycles. The molecule has 1 saturated heterocycles. The van der Waals surface area contributed by atoms with Crippen molar-refractivity contribution in [1.29, 1.82) is 0 Å². The first kappa shape index (κ1) is 9.48. The average Bonchev–Trinajstić information content (AvgIpc) is 2.28. The summed E-state index contributed by atoms with van der Waals surface area (Å²) in [5.41, 5.74) is 0. The van der Waals surface area contributed by atoms with Gasteiger partial charge in [-0.2, -0.15) is 0 Å². The molecule has 0 amide bonds. The summed E-state index contributed by atoms with van der Waals surface area (Å²) in [5, 5.41) is 0. The molecule has 3 nitrogen and oxygen atoms in total. The Morgan fingerprint density at radius 3 is 3.33 bits per heavy atom. The van der Waals surface area contributed by atoms with Crippen LogP contribution in [0.1, 0.15) is 0 Å². The highest BCUT2D eigenvalue weighted by Crippen LogP contribution is 2.36. The minimum atomic E-state index is 0.649. The first-order chi connectivity index (χ1) is 7.34. The first-order valence-electron chi connectivity index (χ1n) is 5.37. The highest BCUT2D eigenvalue weighted by atomic mass is 32.2. The lowest BCUT2D eigenvalue weighted by Gasteiger charge is -2.43. The van der Waals surface area contributed by atoms with Gasteiger partial charge in [-0.15, -0.1) is 11.8 Å². The van der Waals surface area contributed by atoms with E-state index in [0.717, 1.165) is 13.1 Å². The molecule has 3 heterocycles. The van der Waals surface area contributed by atoms with Crippen LogP contribution < -0.4 is 4.90 Å². The van der Waals surface area contributed by atoms with Gasteiger partial charge in [-0.05, 0) is 19.2 Å². The Hall–Kier alpha value is -0.740. The van der Waals surface area contributed by atoms with Gasteiger partial charge in [0.2, 0.25) is 0 Å². The van der Waals surface area contributed by atoms with Gasteiger partial charge in [-0.3, -0.25) is 0 Å². The van der Waals surface area contributed by atoms with Crippen molar-refractivity contribution in [2.24, 2.45) is 0 Å². The van der Waals surface area contributed by atoms with Gasteiger partial charge in [0.25, 0.3) is 0 Å². The summed E-state index contributed by atoms with van der Waals surface area (Å²) < 4.78 is 0. The number of anilines is 1. The number of aromatic nitrogens is 1. The van der Waals surface area contributed by atoms with E-state index in [9.17, 15) is 0 Å². The fourth-order valence-corrected chi connectivity index (χ4v) is 3.46. The van der Waals surface area contributed by atoms with Crippen LogP contribution in [0.15, 0.2) is 23.2 Å². The maximum atomic E-state index is 4.52. The van der Waals surface area contributed by atoms with E-state index < -0.39 is 0 Å². The molecule has 0 aromatic carbocycles. The van der Waals surface area contributed by atoms with Crippen LogP contribution in [0.2, 0.25) is 0 Å². The second kappa shape index (κ2) is 3.68. The molecule has 3 rings (SSSR count). The number of hydrogen-bond donors (Lipinski definition) is 0. The van der Waals surface area contributed by atoms with Crippen molar-refractivity contribution in [3.05, 3.63) is 18.3 Å². The third-order valence-electron chi connectivity index (χ3n) is 3.14. The lowest BCUT2D eigenvalue weighted by atomic mass is 10.2. The number of nitrogens with zero attached hydrogens (tertiary/aromatic N) is 3. The summed E-state index contributed by atoms with van der Waals surface area (Å²) >= 11 is 1.95. The van der Waals surface area contributed by atoms with Crippen molar-refractivity contribution >= 4 is 17.6 Å². The predicted octanol–water partition coefficient (Wildman–Crippen LogP) is 1.31. The molecule has 80 valence electrons. The van der Waals surface area contributed by atoms with E-state index >= 15 is 0 Å². The summed E-state index contributed by atoms with van der Waals surface area (Å²) in [6, 6.07) is 4.86. The average molecular weight is 221 g/mol. The Bertz CT molecular complexity index is 369. The fraction of sp³-hybridized carbons (Fsp3) is 0.545. The van der Waals surface area contributed by atoms with Crippen LogP contribution in [0, 0.1) is 0 Å². The van der Waals surface area contributed by atoms with E-state index in [1.165, 1.54) is 23.0 Å². The van der Waals surface area contributed by atoms with E-state index in [0.29, 0.717) is 6.04 Å². The number of fused-ring (bicyclic) bond motifs is 3. The molecule has 0 aliphatic carbocycles. The van der Waals surface area contributed by atoms with Gasteiger partial charge in [-0.25, -0.2) is 4.98 Å². The molecule has 0 radical (unpaired) electrons. The zero-order valence-electron chi connectivity index (χ0n) is 8.89. The van der Waals surface area contributed by atoms with Gasteiger partial charge in [0.05, 0.1) is 10.9 Å². The van der Waals surface area contributed by atoms with Crippen molar-refractivity contribution < 1.29 is 0 Å². The van der Waals surface area contributed by atoms with E-state index in [-0.39, 0.29) is 0 Å². The zero-order chi connectivity index (χ0) is 10.3. The molecule has 4 heteroatoms. The molecule has 0 spiro atoms. The van der Waals surface area contributed by atoms with E-state index in [4.69, 9.17) is 0 Å². The number of piperazine rings is 1. The predicted molar refractivity (Wildman–Crippen MR) is 63.6 cm³/mol. The fourth-order valence-electron chi connectivity index (χ4n) is 2.33. The standard InChI is InChI=1S/C11H15N3S/c1-13-5-6-14-9(7-13)8-15-10-3-2-4-12-11(10)14/h2-4,9H,5-8H2,1H3/t9-/m0/s1. The van der Waals surface area contributed by atoms with Crippen molar-refractivity contribution in [2.75, 3.05) is 37.3 Å². The van der Waals surface area contributed by atoms with E-state index in [1.54, 1.807) is 0 Å². The topological polar surface area (TPSA) is 19.4 Å². The highest BCUT2D eigenvalue weighted by molar-refractivity contribution is 7.99. The molecule has 1 fully saturated rings. The van der Waals surface area contributed by atoms with Crippen molar-refractivity contribution in [3.8, 4) is 0 Å². The van der Waals surface area contributed by atoms with Gasteiger partial charge in [0.1, 0.15) is 5.82 Å². The quantitative estimate of drug-likeness (QED) is 0.657.